The SMILES string of the molecule is CCN(CC1CCCNC1)C(=O)c1cccc(Cl)c1C. The van der Waals surface area contributed by atoms with E-state index in [2.05, 4.69) is 5.32 Å². The highest BCUT2D eigenvalue weighted by Gasteiger charge is 2.22. The number of benzene rings is 1. The van der Waals surface area contributed by atoms with Crippen LogP contribution in [0.1, 0.15) is 35.7 Å². The van der Waals surface area contributed by atoms with Gasteiger partial charge in [0.05, 0.1) is 0 Å². The predicted molar refractivity (Wildman–Crippen MR) is 83.4 cm³/mol. The maximum atomic E-state index is 12.7. The third-order valence-electron chi connectivity index (χ3n) is 4.04. The van der Waals surface area contributed by atoms with Crippen molar-refractivity contribution >= 4 is 17.5 Å². The lowest BCUT2D eigenvalue weighted by molar-refractivity contribution is 0.0728. The molecule has 1 saturated heterocycles. The predicted octanol–water partition coefficient (Wildman–Crippen LogP) is 3.11. The Morgan fingerprint density at radius 3 is 2.95 bits per heavy atom. The summed E-state index contributed by atoms with van der Waals surface area (Å²) >= 11 is 6.12. The molecule has 1 amide bonds. The molecule has 110 valence electrons. The third kappa shape index (κ3) is 3.53. The van der Waals surface area contributed by atoms with Gasteiger partial charge in [-0.25, -0.2) is 0 Å². The Balaban J connectivity index is 2.10. The molecule has 0 bridgehead atoms. The highest BCUT2D eigenvalue weighted by atomic mass is 35.5. The molecule has 1 aliphatic rings. The first-order chi connectivity index (χ1) is 9.63. The van der Waals surface area contributed by atoms with E-state index < -0.39 is 0 Å². The average molecular weight is 295 g/mol. The molecule has 1 aromatic carbocycles. The van der Waals surface area contributed by atoms with Gasteiger partial charge in [-0.05, 0) is 63.4 Å². The van der Waals surface area contributed by atoms with Crippen LogP contribution in [-0.2, 0) is 0 Å². The highest BCUT2D eigenvalue weighted by Crippen LogP contribution is 2.21. The molecule has 0 aliphatic carbocycles. The monoisotopic (exact) mass is 294 g/mol. The number of hydrogen-bond donors (Lipinski definition) is 1. The number of rotatable bonds is 4. The van der Waals surface area contributed by atoms with Crippen LogP contribution in [-0.4, -0.2) is 37.0 Å². The zero-order valence-corrected chi connectivity index (χ0v) is 13.0. The molecule has 20 heavy (non-hydrogen) atoms. The van der Waals surface area contributed by atoms with Crippen molar-refractivity contribution in [2.75, 3.05) is 26.2 Å². The fourth-order valence-corrected chi connectivity index (χ4v) is 2.93. The van der Waals surface area contributed by atoms with Gasteiger partial charge < -0.3 is 10.2 Å². The van der Waals surface area contributed by atoms with E-state index in [0.717, 1.165) is 37.3 Å². The van der Waals surface area contributed by atoms with Crippen LogP contribution < -0.4 is 5.32 Å². The molecule has 1 aliphatic heterocycles. The molecule has 1 N–H and O–H groups in total. The second-order valence-corrected chi connectivity index (χ2v) is 5.88. The second kappa shape index (κ2) is 7.09. The Bertz CT molecular complexity index is 470. The summed E-state index contributed by atoms with van der Waals surface area (Å²) < 4.78 is 0. The molecule has 0 radical (unpaired) electrons. The van der Waals surface area contributed by atoms with Crippen molar-refractivity contribution in [2.24, 2.45) is 5.92 Å². The van der Waals surface area contributed by atoms with E-state index in [1.54, 1.807) is 0 Å². The lowest BCUT2D eigenvalue weighted by Crippen LogP contribution is -2.41. The summed E-state index contributed by atoms with van der Waals surface area (Å²) in [6, 6.07) is 5.54. The van der Waals surface area contributed by atoms with Crippen LogP contribution in [0.25, 0.3) is 0 Å². The summed E-state index contributed by atoms with van der Waals surface area (Å²) in [6.45, 7) is 7.62. The molecule has 0 saturated carbocycles. The van der Waals surface area contributed by atoms with Crippen LogP contribution in [0.2, 0.25) is 5.02 Å². The minimum absolute atomic E-state index is 0.0954. The summed E-state index contributed by atoms with van der Waals surface area (Å²) in [5.41, 5.74) is 1.60. The summed E-state index contributed by atoms with van der Waals surface area (Å²) in [6.07, 6.45) is 2.40. The van der Waals surface area contributed by atoms with E-state index in [0.29, 0.717) is 10.9 Å². The van der Waals surface area contributed by atoms with Gasteiger partial charge in [-0.3, -0.25) is 4.79 Å². The van der Waals surface area contributed by atoms with Gasteiger partial charge in [0, 0.05) is 23.7 Å². The van der Waals surface area contributed by atoms with Crippen molar-refractivity contribution in [1.29, 1.82) is 0 Å². The second-order valence-electron chi connectivity index (χ2n) is 5.47. The standard InChI is InChI=1S/C16H23ClN2O/c1-3-19(11-13-6-5-9-18-10-13)16(20)14-7-4-8-15(17)12(14)2/h4,7-8,13,18H,3,5-6,9-11H2,1-2H3. The average Bonchev–Trinajstić information content (AvgIpc) is 2.48. The van der Waals surface area contributed by atoms with Crippen molar-refractivity contribution < 1.29 is 4.79 Å². The van der Waals surface area contributed by atoms with Crippen molar-refractivity contribution in [3.8, 4) is 0 Å². The molecular formula is C16H23ClN2O. The van der Waals surface area contributed by atoms with Gasteiger partial charge in [0.1, 0.15) is 0 Å². The smallest absolute Gasteiger partial charge is 0.254 e. The van der Waals surface area contributed by atoms with Crippen LogP contribution in [0.15, 0.2) is 18.2 Å². The number of halogens is 1. The van der Waals surface area contributed by atoms with E-state index >= 15 is 0 Å². The van der Waals surface area contributed by atoms with Crippen LogP contribution in [0, 0.1) is 12.8 Å². The molecule has 1 aromatic rings. The first-order valence-corrected chi connectivity index (χ1v) is 7.76. The number of carbonyl (C=O) groups is 1. The number of carbonyl (C=O) groups excluding carboxylic acids is 1. The Kier molecular flexibility index (Phi) is 5.44. The van der Waals surface area contributed by atoms with Crippen LogP contribution >= 0.6 is 11.6 Å². The zero-order valence-electron chi connectivity index (χ0n) is 12.3. The first-order valence-electron chi connectivity index (χ1n) is 7.38. The molecule has 0 spiro atoms. The molecule has 4 heteroatoms. The normalized spacial score (nSPS) is 18.9. The van der Waals surface area contributed by atoms with Crippen molar-refractivity contribution in [1.82, 2.24) is 10.2 Å². The number of nitrogens with one attached hydrogen (secondary N) is 1. The van der Waals surface area contributed by atoms with Gasteiger partial charge in [-0.15, -0.1) is 0 Å². The molecule has 2 rings (SSSR count). The van der Waals surface area contributed by atoms with Gasteiger partial charge in [0.2, 0.25) is 0 Å². The van der Waals surface area contributed by atoms with Gasteiger partial charge in [0.15, 0.2) is 0 Å². The van der Waals surface area contributed by atoms with E-state index in [4.69, 9.17) is 11.6 Å². The van der Waals surface area contributed by atoms with E-state index in [9.17, 15) is 4.79 Å². The quantitative estimate of drug-likeness (QED) is 0.925. The Hall–Kier alpha value is -1.06. The fourth-order valence-electron chi connectivity index (χ4n) is 2.76. The van der Waals surface area contributed by atoms with Crippen molar-refractivity contribution in [3.05, 3.63) is 34.3 Å². The fraction of sp³-hybridized carbons (Fsp3) is 0.562. The number of amides is 1. The van der Waals surface area contributed by atoms with Crippen LogP contribution in [0.3, 0.4) is 0 Å². The first kappa shape index (κ1) is 15.3. The number of hydrogen-bond acceptors (Lipinski definition) is 2. The Morgan fingerprint density at radius 2 is 2.30 bits per heavy atom. The summed E-state index contributed by atoms with van der Waals surface area (Å²) in [5.74, 6) is 0.658. The van der Waals surface area contributed by atoms with Crippen LogP contribution in [0.5, 0.6) is 0 Å². The lowest BCUT2D eigenvalue weighted by Gasteiger charge is -2.30. The molecule has 1 heterocycles. The summed E-state index contributed by atoms with van der Waals surface area (Å²) in [5, 5.41) is 4.06. The molecule has 1 atom stereocenters. The van der Waals surface area contributed by atoms with E-state index in [-0.39, 0.29) is 5.91 Å². The summed E-state index contributed by atoms with van der Waals surface area (Å²) in [7, 11) is 0. The minimum atomic E-state index is 0.0954. The van der Waals surface area contributed by atoms with Gasteiger partial charge in [-0.2, -0.15) is 0 Å². The summed E-state index contributed by atoms with van der Waals surface area (Å²) in [4.78, 5) is 14.6. The minimum Gasteiger partial charge on any atom is -0.339 e. The Labute approximate surface area is 126 Å². The molecule has 1 fully saturated rings. The highest BCUT2D eigenvalue weighted by molar-refractivity contribution is 6.31. The molecule has 1 unspecified atom stereocenters. The molecular weight excluding hydrogens is 272 g/mol. The largest absolute Gasteiger partial charge is 0.339 e. The van der Waals surface area contributed by atoms with E-state index in [1.807, 2.05) is 36.9 Å². The maximum absolute atomic E-state index is 12.7. The van der Waals surface area contributed by atoms with Crippen molar-refractivity contribution in [2.45, 2.75) is 26.7 Å². The third-order valence-corrected chi connectivity index (χ3v) is 4.45. The lowest BCUT2D eigenvalue weighted by atomic mass is 9.98. The van der Waals surface area contributed by atoms with Crippen molar-refractivity contribution in [3.63, 3.8) is 0 Å². The topological polar surface area (TPSA) is 32.3 Å². The number of nitrogens with zero attached hydrogens (tertiary/aromatic N) is 1. The molecule has 3 nitrogen and oxygen atoms in total. The van der Waals surface area contributed by atoms with Gasteiger partial charge in [0.25, 0.3) is 5.91 Å². The number of piperidine rings is 1. The maximum Gasteiger partial charge on any atom is 0.254 e. The molecule has 0 aromatic heterocycles. The van der Waals surface area contributed by atoms with Crippen LogP contribution in [0.4, 0.5) is 0 Å². The van der Waals surface area contributed by atoms with E-state index in [1.165, 1.54) is 12.8 Å². The van der Waals surface area contributed by atoms with Gasteiger partial charge >= 0.3 is 0 Å². The van der Waals surface area contributed by atoms with Gasteiger partial charge in [-0.1, -0.05) is 17.7 Å². The zero-order chi connectivity index (χ0) is 14.5. The Morgan fingerprint density at radius 1 is 1.50 bits per heavy atom.